The van der Waals surface area contributed by atoms with Gasteiger partial charge in [0.25, 0.3) is 0 Å². The van der Waals surface area contributed by atoms with E-state index < -0.39 is 18.0 Å². The van der Waals surface area contributed by atoms with Crippen molar-refractivity contribution in [3.63, 3.8) is 0 Å². The third kappa shape index (κ3) is 26.4. The molecule has 0 saturated carbocycles. The number of carboxylic acid groups (broad SMARTS) is 2. The lowest BCUT2D eigenvalue weighted by molar-refractivity contribution is -0.143. The summed E-state index contributed by atoms with van der Waals surface area (Å²) in [6.45, 7) is 3.31. The van der Waals surface area contributed by atoms with Crippen LogP contribution in [0.4, 0.5) is 0 Å². The molecule has 0 fully saturated rings. The number of ether oxygens (including phenoxy) is 2. The second-order valence-corrected chi connectivity index (χ2v) is 3.55. The van der Waals surface area contributed by atoms with E-state index in [1.165, 1.54) is 0 Å². The predicted octanol–water partition coefficient (Wildman–Crippen LogP) is -0.671. The van der Waals surface area contributed by atoms with Gasteiger partial charge in [0.05, 0.1) is 52.0 Å². The molecule has 0 aliphatic carbocycles. The van der Waals surface area contributed by atoms with Crippen LogP contribution in [0.5, 0.6) is 0 Å². The largest absolute Gasteiger partial charge is 0.481 e. The minimum Gasteiger partial charge on any atom is -0.481 e. The fourth-order valence-corrected chi connectivity index (χ4v) is 0.752. The SMILES string of the molecule is CC(O)COCCOCCO.O=C(O)CCC(=O)O. The average molecular weight is 282 g/mol. The Morgan fingerprint density at radius 2 is 1.47 bits per heavy atom. The fraction of sp³-hybridized carbons (Fsp3) is 0.818. The van der Waals surface area contributed by atoms with Gasteiger partial charge < -0.3 is 29.9 Å². The Morgan fingerprint density at radius 1 is 1.00 bits per heavy atom. The Bertz CT molecular complexity index is 215. The molecule has 0 spiro atoms. The highest BCUT2D eigenvalue weighted by Crippen LogP contribution is 1.86. The van der Waals surface area contributed by atoms with Crippen LogP contribution < -0.4 is 0 Å². The van der Waals surface area contributed by atoms with E-state index >= 15 is 0 Å². The predicted molar refractivity (Wildman–Crippen MR) is 64.9 cm³/mol. The molecule has 8 nitrogen and oxygen atoms in total. The van der Waals surface area contributed by atoms with Crippen LogP contribution in [-0.4, -0.2) is 71.5 Å². The number of hydrogen-bond acceptors (Lipinski definition) is 6. The molecular weight excluding hydrogens is 260 g/mol. The van der Waals surface area contributed by atoms with E-state index in [1.807, 2.05) is 0 Å². The summed E-state index contributed by atoms with van der Waals surface area (Å²) < 4.78 is 9.89. The van der Waals surface area contributed by atoms with Gasteiger partial charge in [-0.3, -0.25) is 9.59 Å². The molecule has 1 atom stereocenters. The molecule has 8 heteroatoms. The van der Waals surface area contributed by atoms with Gasteiger partial charge >= 0.3 is 11.9 Å². The molecule has 1 unspecified atom stereocenters. The summed E-state index contributed by atoms with van der Waals surface area (Å²) in [4.78, 5) is 19.3. The van der Waals surface area contributed by atoms with Crippen LogP contribution in [0, 0.1) is 0 Å². The van der Waals surface area contributed by atoms with Gasteiger partial charge in [-0.15, -0.1) is 0 Å². The van der Waals surface area contributed by atoms with E-state index in [0.717, 1.165) is 0 Å². The van der Waals surface area contributed by atoms with Gasteiger partial charge in [0.15, 0.2) is 0 Å². The number of aliphatic hydroxyl groups excluding tert-OH is 2. The first-order valence-electron chi connectivity index (χ1n) is 5.78. The smallest absolute Gasteiger partial charge is 0.303 e. The Labute approximate surface area is 111 Å². The third-order valence-corrected chi connectivity index (χ3v) is 1.52. The third-order valence-electron chi connectivity index (χ3n) is 1.52. The van der Waals surface area contributed by atoms with Gasteiger partial charge in [-0.05, 0) is 6.92 Å². The van der Waals surface area contributed by atoms with E-state index in [4.69, 9.17) is 29.9 Å². The topological polar surface area (TPSA) is 134 Å². The maximum absolute atomic E-state index is 9.64. The summed E-state index contributed by atoms with van der Waals surface area (Å²) in [5.41, 5.74) is 0. The van der Waals surface area contributed by atoms with Crippen LogP contribution in [0.2, 0.25) is 0 Å². The lowest BCUT2D eigenvalue weighted by atomic mass is 10.3. The van der Waals surface area contributed by atoms with Crippen LogP contribution in [-0.2, 0) is 19.1 Å². The van der Waals surface area contributed by atoms with Crippen molar-refractivity contribution < 1.29 is 39.5 Å². The summed E-state index contributed by atoms with van der Waals surface area (Å²) in [6, 6.07) is 0. The van der Waals surface area contributed by atoms with Crippen molar-refractivity contribution in [2.75, 3.05) is 33.0 Å². The summed E-state index contributed by atoms with van der Waals surface area (Å²) in [5, 5.41) is 32.9. The molecule has 0 aromatic rings. The maximum Gasteiger partial charge on any atom is 0.303 e. The highest BCUT2D eigenvalue weighted by molar-refractivity contribution is 5.75. The second-order valence-electron chi connectivity index (χ2n) is 3.55. The first kappa shape index (κ1) is 20.1. The molecule has 114 valence electrons. The van der Waals surface area contributed by atoms with Gasteiger partial charge in [0, 0.05) is 0 Å². The van der Waals surface area contributed by atoms with Crippen molar-refractivity contribution >= 4 is 11.9 Å². The molecule has 0 radical (unpaired) electrons. The van der Waals surface area contributed by atoms with Crippen molar-refractivity contribution in [1.82, 2.24) is 0 Å². The van der Waals surface area contributed by atoms with Crippen LogP contribution in [0.1, 0.15) is 19.8 Å². The van der Waals surface area contributed by atoms with Gasteiger partial charge in [-0.1, -0.05) is 0 Å². The number of hydrogen-bond donors (Lipinski definition) is 4. The highest BCUT2D eigenvalue weighted by Gasteiger charge is 2.00. The molecule has 0 bridgehead atoms. The van der Waals surface area contributed by atoms with Crippen molar-refractivity contribution in [1.29, 1.82) is 0 Å². The zero-order chi connectivity index (χ0) is 15.1. The van der Waals surface area contributed by atoms with Gasteiger partial charge in [-0.2, -0.15) is 0 Å². The zero-order valence-corrected chi connectivity index (χ0v) is 10.9. The lowest BCUT2D eigenvalue weighted by Gasteiger charge is -2.05. The van der Waals surface area contributed by atoms with Crippen LogP contribution in [0.15, 0.2) is 0 Å². The minimum atomic E-state index is -1.08. The molecule has 4 N–H and O–H groups in total. The zero-order valence-electron chi connectivity index (χ0n) is 10.9. The molecule has 0 saturated heterocycles. The number of carboxylic acids is 2. The molecule has 0 aliphatic heterocycles. The average Bonchev–Trinajstić information content (AvgIpc) is 2.31. The second kappa shape index (κ2) is 14.8. The van der Waals surface area contributed by atoms with E-state index in [2.05, 4.69) is 0 Å². The van der Waals surface area contributed by atoms with Gasteiger partial charge in [0.2, 0.25) is 0 Å². The quantitative estimate of drug-likeness (QED) is 0.388. The van der Waals surface area contributed by atoms with Crippen LogP contribution >= 0.6 is 0 Å². The molecule has 19 heavy (non-hydrogen) atoms. The number of carbonyl (C=O) groups is 2. The van der Waals surface area contributed by atoms with Gasteiger partial charge in [-0.25, -0.2) is 0 Å². The van der Waals surface area contributed by atoms with E-state index in [-0.39, 0.29) is 19.4 Å². The summed E-state index contributed by atoms with van der Waals surface area (Å²) in [7, 11) is 0. The summed E-state index contributed by atoms with van der Waals surface area (Å²) in [5.74, 6) is -2.15. The van der Waals surface area contributed by atoms with Gasteiger partial charge in [0.1, 0.15) is 0 Å². The minimum absolute atomic E-state index is 0.0381. The standard InChI is InChI=1S/C7H16O4.C4H6O4/c1-7(9)6-11-5-4-10-3-2-8;5-3(6)1-2-4(7)8/h7-9H,2-6H2,1H3;1-2H2,(H,5,6)(H,7,8). The molecular formula is C11H22O8. The van der Waals surface area contributed by atoms with Crippen molar-refractivity contribution in [2.24, 2.45) is 0 Å². The highest BCUT2D eigenvalue weighted by atomic mass is 16.5. The molecule has 0 amide bonds. The Morgan fingerprint density at radius 3 is 1.84 bits per heavy atom. The molecule has 0 aromatic carbocycles. The first-order chi connectivity index (χ1) is 8.90. The Balaban J connectivity index is 0. The van der Waals surface area contributed by atoms with E-state index in [9.17, 15) is 9.59 Å². The normalized spacial score (nSPS) is 11.3. The first-order valence-corrected chi connectivity index (χ1v) is 5.78. The molecule has 0 heterocycles. The van der Waals surface area contributed by atoms with E-state index in [0.29, 0.717) is 26.4 Å². The van der Waals surface area contributed by atoms with Crippen molar-refractivity contribution in [3.8, 4) is 0 Å². The summed E-state index contributed by atoms with van der Waals surface area (Å²) >= 11 is 0. The summed E-state index contributed by atoms with van der Waals surface area (Å²) in [6.07, 6.45) is -1.02. The number of rotatable bonds is 10. The molecule has 0 rings (SSSR count). The Hall–Kier alpha value is -1.22. The fourth-order valence-electron chi connectivity index (χ4n) is 0.752. The lowest BCUT2D eigenvalue weighted by Crippen LogP contribution is -2.14. The Kier molecular flexibility index (Phi) is 15.7. The number of aliphatic carboxylic acids is 2. The molecule has 0 aliphatic rings. The van der Waals surface area contributed by atoms with Crippen LogP contribution in [0.25, 0.3) is 0 Å². The van der Waals surface area contributed by atoms with Crippen molar-refractivity contribution in [2.45, 2.75) is 25.9 Å². The maximum atomic E-state index is 9.64. The molecule has 0 aromatic heterocycles. The monoisotopic (exact) mass is 282 g/mol. The van der Waals surface area contributed by atoms with Crippen LogP contribution in [0.3, 0.4) is 0 Å². The number of aliphatic hydroxyl groups is 2. The van der Waals surface area contributed by atoms with Crippen molar-refractivity contribution in [3.05, 3.63) is 0 Å². The van der Waals surface area contributed by atoms with E-state index in [1.54, 1.807) is 6.92 Å².